The van der Waals surface area contributed by atoms with Crippen LogP contribution in [0.2, 0.25) is 0 Å². The number of hydrogen-bond acceptors (Lipinski definition) is 2. The van der Waals surface area contributed by atoms with E-state index < -0.39 is 23.2 Å². The van der Waals surface area contributed by atoms with Crippen LogP contribution in [0.15, 0.2) is 18.2 Å². The first-order chi connectivity index (χ1) is 9.52. The van der Waals surface area contributed by atoms with Crippen LogP contribution in [-0.2, 0) is 0 Å². The van der Waals surface area contributed by atoms with Crippen LogP contribution < -0.4 is 0 Å². The smallest absolute Gasteiger partial charge is 0.129 e. The highest BCUT2D eigenvalue weighted by atomic mass is 19.1. The van der Waals surface area contributed by atoms with Gasteiger partial charge in [0.05, 0.1) is 11.5 Å². The third-order valence-corrected chi connectivity index (χ3v) is 4.46. The number of nitrogens with zero attached hydrogens (tertiary/aromatic N) is 1. The van der Waals surface area contributed by atoms with Gasteiger partial charge >= 0.3 is 0 Å². The highest BCUT2D eigenvalue weighted by Gasteiger charge is 2.43. The highest BCUT2D eigenvalue weighted by molar-refractivity contribution is 5.26. The second kappa shape index (κ2) is 5.88. The molecule has 1 aromatic rings. The average Bonchev–Trinajstić information content (AvgIpc) is 2.48. The van der Waals surface area contributed by atoms with Gasteiger partial charge in [-0.05, 0) is 37.0 Å². The Morgan fingerprint density at radius 1 is 1.50 bits per heavy atom. The third kappa shape index (κ3) is 2.69. The number of nitriles is 1. The largest absolute Gasteiger partial charge is 0.387 e. The Kier molecular flexibility index (Phi) is 4.39. The van der Waals surface area contributed by atoms with Crippen LogP contribution in [0, 0.1) is 34.3 Å². The molecule has 0 heterocycles. The number of rotatable bonds is 3. The Morgan fingerprint density at radius 3 is 2.90 bits per heavy atom. The Bertz CT molecular complexity index is 526. The molecule has 4 heteroatoms. The summed E-state index contributed by atoms with van der Waals surface area (Å²) < 4.78 is 27.1. The summed E-state index contributed by atoms with van der Waals surface area (Å²) >= 11 is 0. The lowest BCUT2D eigenvalue weighted by molar-refractivity contribution is 0.0160. The zero-order valence-electron chi connectivity index (χ0n) is 11.6. The zero-order valence-corrected chi connectivity index (χ0v) is 11.6. The summed E-state index contributed by atoms with van der Waals surface area (Å²) in [4.78, 5) is 0. The van der Waals surface area contributed by atoms with Crippen molar-refractivity contribution in [3.63, 3.8) is 0 Å². The second-order valence-corrected chi connectivity index (χ2v) is 5.71. The maximum absolute atomic E-state index is 13.8. The van der Waals surface area contributed by atoms with Crippen molar-refractivity contribution in [3.05, 3.63) is 35.4 Å². The Morgan fingerprint density at radius 2 is 2.25 bits per heavy atom. The van der Waals surface area contributed by atoms with Crippen LogP contribution in [0.4, 0.5) is 8.78 Å². The van der Waals surface area contributed by atoms with Crippen molar-refractivity contribution in [1.29, 1.82) is 5.26 Å². The lowest BCUT2D eigenvalue weighted by Gasteiger charge is -2.39. The topological polar surface area (TPSA) is 44.0 Å². The van der Waals surface area contributed by atoms with E-state index in [9.17, 15) is 19.1 Å². The molecule has 1 saturated carbocycles. The number of aliphatic hydroxyl groups excluding tert-OH is 1. The maximum atomic E-state index is 13.8. The Labute approximate surface area is 118 Å². The van der Waals surface area contributed by atoms with E-state index in [4.69, 9.17) is 0 Å². The molecule has 2 nitrogen and oxygen atoms in total. The maximum Gasteiger partial charge on any atom is 0.129 e. The first-order valence-electron chi connectivity index (χ1n) is 7.06. The van der Waals surface area contributed by atoms with Gasteiger partial charge in [0.1, 0.15) is 17.7 Å². The van der Waals surface area contributed by atoms with Gasteiger partial charge in [0.15, 0.2) is 0 Å². The van der Waals surface area contributed by atoms with Gasteiger partial charge in [-0.15, -0.1) is 0 Å². The summed E-state index contributed by atoms with van der Waals surface area (Å²) in [5, 5.41) is 20.0. The molecule has 0 aromatic heterocycles. The quantitative estimate of drug-likeness (QED) is 0.905. The normalized spacial score (nSPS) is 27.9. The van der Waals surface area contributed by atoms with Crippen LogP contribution in [0.5, 0.6) is 0 Å². The molecule has 1 N–H and O–H groups in total. The molecule has 3 unspecified atom stereocenters. The van der Waals surface area contributed by atoms with E-state index in [1.54, 1.807) is 0 Å². The molecule has 1 aromatic carbocycles. The van der Waals surface area contributed by atoms with E-state index in [0.717, 1.165) is 37.5 Å². The molecule has 2 rings (SSSR count). The lowest BCUT2D eigenvalue weighted by Crippen LogP contribution is -2.34. The lowest BCUT2D eigenvalue weighted by atomic mass is 9.65. The number of aliphatic hydroxyl groups is 1. The molecule has 3 atom stereocenters. The predicted molar refractivity (Wildman–Crippen MR) is 71.6 cm³/mol. The van der Waals surface area contributed by atoms with Crippen molar-refractivity contribution in [2.45, 2.75) is 45.1 Å². The molecule has 20 heavy (non-hydrogen) atoms. The molecular formula is C16H19F2NO. The monoisotopic (exact) mass is 279 g/mol. The molecule has 0 radical (unpaired) electrons. The van der Waals surface area contributed by atoms with Crippen molar-refractivity contribution < 1.29 is 13.9 Å². The van der Waals surface area contributed by atoms with Gasteiger partial charge in [0, 0.05) is 5.56 Å². The van der Waals surface area contributed by atoms with Gasteiger partial charge in [-0.2, -0.15) is 5.26 Å². The molecule has 0 aliphatic heterocycles. The zero-order chi connectivity index (χ0) is 14.8. The highest BCUT2D eigenvalue weighted by Crippen LogP contribution is 2.48. The number of benzene rings is 1. The fourth-order valence-corrected chi connectivity index (χ4v) is 3.21. The minimum absolute atomic E-state index is 0.108. The summed E-state index contributed by atoms with van der Waals surface area (Å²) in [5.41, 5.74) is -1.11. The van der Waals surface area contributed by atoms with E-state index in [2.05, 4.69) is 6.07 Å². The minimum atomic E-state index is -1.28. The second-order valence-electron chi connectivity index (χ2n) is 5.71. The van der Waals surface area contributed by atoms with Crippen LogP contribution in [0.1, 0.15) is 50.7 Å². The Hall–Kier alpha value is -1.47. The molecule has 0 saturated heterocycles. The molecule has 1 aliphatic rings. The molecule has 0 spiro atoms. The SMILES string of the molecule is CCC1CCCC(C#N)(C(O)c2cc(F)ccc2F)C1. The van der Waals surface area contributed by atoms with Crippen molar-refractivity contribution in [2.24, 2.45) is 11.3 Å². The van der Waals surface area contributed by atoms with Crippen LogP contribution in [0.3, 0.4) is 0 Å². The summed E-state index contributed by atoms with van der Waals surface area (Å²) in [5.74, 6) is -0.904. The average molecular weight is 279 g/mol. The van der Waals surface area contributed by atoms with Crippen molar-refractivity contribution in [1.82, 2.24) is 0 Å². The van der Waals surface area contributed by atoms with Crippen molar-refractivity contribution in [3.8, 4) is 6.07 Å². The molecule has 0 bridgehead atoms. The summed E-state index contributed by atoms with van der Waals surface area (Å²) in [7, 11) is 0. The molecular weight excluding hydrogens is 260 g/mol. The molecule has 108 valence electrons. The van der Waals surface area contributed by atoms with Gasteiger partial charge in [-0.25, -0.2) is 8.78 Å². The predicted octanol–water partition coefficient (Wildman–Crippen LogP) is 4.11. The van der Waals surface area contributed by atoms with Gasteiger partial charge in [-0.3, -0.25) is 0 Å². The van der Waals surface area contributed by atoms with Gasteiger partial charge in [0.25, 0.3) is 0 Å². The molecule has 1 fully saturated rings. The summed E-state index contributed by atoms with van der Waals surface area (Å²) in [6.45, 7) is 2.05. The summed E-state index contributed by atoms with van der Waals surface area (Å²) in [6, 6.07) is 5.20. The standard InChI is InChI=1S/C16H19F2NO/c1-2-11-4-3-7-16(9-11,10-19)15(20)13-8-12(17)5-6-14(13)18/h5-6,8,11,15,20H,2-4,7,9H2,1H3. The molecule has 1 aliphatic carbocycles. The number of hydrogen-bond donors (Lipinski definition) is 1. The van der Waals surface area contributed by atoms with Gasteiger partial charge in [-0.1, -0.05) is 26.2 Å². The van der Waals surface area contributed by atoms with E-state index in [1.165, 1.54) is 0 Å². The van der Waals surface area contributed by atoms with E-state index in [-0.39, 0.29) is 5.56 Å². The number of halogens is 2. The Balaban J connectivity index is 2.36. The van der Waals surface area contributed by atoms with Crippen LogP contribution >= 0.6 is 0 Å². The van der Waals surface area contributed by atoms with Crippen LogP contribution in [0.25, 0.3) is 0 Å². The van der Waals surface area contributed by atoms with Crippen molar-refractivity contribution in [2.75, 3.05) is 0 Å². The van der Waals surface area contributed by atoms with Gasteiger partial charge < -0.3 is 5.11 Å². The summed E-state index contributed by atoms with van der Waals surface area (Å²) in [6.07, 6.45) is 2.58. The van der Waals surface area contributed by atoms with Crippen LogP contribution in [-0.4, -0.2) is 5.11 Å². The van der Waals surface area contributed by atoms with E-state index in [1.807, 2.05) is 6.92 Å². The van der Waals surface area contributed by atoms with E-state index >= 15 is 0 Å². The fourth-order valence-electron chi connectivity index (χ4n) is 3.21. The van der Waals surface area contributed by atoms with Crippen molar-refractivity contribution >= 4 is 0 Å². The fraction of sp³-hybridized carbons (Fsp3) is 0.562. The first-order valence-corrected chi connectivity index (χ1v) is 7.06. The van der Waals surface area contributed by atoms with E-state index in [0.29, 0.717) is 18.8 Å². The third-order valence-electron chi connectivity index (χ3n) is 4.46. The van der Waals surface area contributed by atoms with Gasteiger partial charge in [0.2, 0.25) is 0 Å². The minimum Gasteiger partial charge on any atom is -0.387 e. The first kappa shape index (κ1) is 14.9. The molecule has 0 amide bonds.